The number of rotatable bonds is 3. The number of pyridine rings is 1. The van der Waals surface area contributed by atoms with Gasteiger partial charge in [-0.25, -0.2) is 9.78 Å². The topological polar surface area (TPSA) is 80.3 Å². The van der Waals surface area contributed by atoms with Crippen molar-refractivity contribution >= 4 is 23.4 Å². The van der Waals surface area contributed by atoms with Gasteiger partial charge in [0.1, 0.15) is 0 Å². The molecule has 0 aliphatic rings. The summed E-state index contributed by atoms with van der Waals surface area (Å²) in [6.07, 6.45) is 0.632. The van der Waals surface area contributed by atoms with E-state index in [-0.39, 0.29) is 5.56 Å². The van der Waals surface area contributed by atoms with Gasteiger partial charge in [-0.1, -0.05) is 0 Å². The molecule has 2 rings (SSSR count). The predicted octanol–water partition coefficient (Wildman–Crippen LogP) is 2.65. The van der Waals surface area contributed by atoms with E-state index >= 15 is 0 Å². The highest BCUT2D eigenvalue weighted by Gasteiger charge is 2.07. The summed E-state index contributed by atoms with van der Waals surface area (Å²) in [6, 6.07) is 8.84. The molecule has 21 heavy (non-hydrogen) atoms. The number of nitrogens with zero attached hydrogens (tertiary/aromatic N) is 1. The molecule has 0 atom stereocenters. The number of methoxy groups -OCH3 is 1. The first-order valence-electron chi connectivity index (χ1n) is 5.96. The number of halogens is 1. The van der Waals surface area contributed by atoms with E-state index in [1.807, 2.05) is 0 Å². The number of hydrogen-bond donors (Lipinski definition) is 2. The summed E-state index contributed by atoms with van der Waals surface area (Å²) in [5, 5.41) is 5.08. The van der Waals surface area contributed by atoms with Crippen molar-refractivity contribution in [1.29, 1.82) is 0 Å². The zero-order chi connectivity index (χ0) is 15.2. The lowest BCUT2D eigenvalue weighted by molar-refractivity contribution is 0.102. The number of amides is 2. The normalized spacial score (nSPS) is 9.81. The summed E-state index contributed by atoms with van der Waals surface area (Å²) in [5.74, 6) is -1.18. The van der Waals surface area contributed by atoms with E-state index in [4.69, 9.17) is 0 Å². The number of anilines is 2. The molecule has 0 saturated heterocycles. The van der Waals surface area contributed by atoms with Crippen molar-refractivity contribution < 1.29 is 18.7 Å². The third kappa shape index (κ3) is 4.00. The lowest BCUT2D eigenvalue weighted by Crippen LogP contribution is -2.13. The molecule has 0 unspecified atom stereocenters. The Morgan fingerprint density at radius 3 is 2.29 bits per heavy atom. The third-order valence-electron chi connectivity index (χ3n) is 2.56. The van der Waals surface area contributed by atoms with Crippen LogP contribution in [-0.4, -0.2) is 24.1 Å². The van der Waals surface area contributed by atoms with Gasteiger partial charge in [0.05, 0.1) is 7.11 Å². The summed E-state index contributed by atoms with van der Waals surface area (Å²) in [7, 11) is 1.26. The van der Waals surface area contributed by atoms with E-state index in [1.165, 1.54) is 19.4 Å². The van der Waals surface area contributed by atoms with Crippen LogP contribution in [-0.2, 0) is 4.74 Å². The van der Waals surface area contributed by atoms with Crippen molar-refractivity contribution in [1.82, 2.24) is 4.98 Å². The molecule has 0 aliphatic carbocycles. The number of benzene rings is 1. The van der Waals surface area contributed by atoms with E-state index in [2.05, 4.69) is 20.4 Å². The molecule has 1 aromatic heterocycles. The first kappa shape index (κ1) is 14.4. The highest BCUT2D eigenvalue weighted by Crippen LogP contribution is 2.15. The molecule has 6 nitrogen and oxygen atoms in total. The Morgan fingerprint density at radius 1 is 1.10 bits per heavy atom. The second kappa shape index (κ2) is 6.47. The number of nitrogens with one attached hydrogen (secondary N) is 2. The SMILES string of the molecule is COC(=O)Nc1ccc(NC(=O)c2ccnc(F)c2)cc1. The molecule has 0 radical (unpaired) electrons. The van der Waals surface area contributed by atoms with Crippen LogP contribution in [0, 0.1) is 5.95 Å². The van der Waals surface area contributed by atoms with Gasteiger partial charge in [-0.05, 0) is 30.3 Å². The van der Waals surface area contributed by atoms with Crippen molar-refractivity contribution in [2.24, 2.45) is 0 Å². The molecule has 0 aliphatic heterocycles. The Hall–Kier alpha value is -2.96. The van der Waals surface area contributed by atoms with Gasteiger partial charge >= 0.3 is 6.09 Å². The molecule has 1 aromatic carbocycles. The van der Waals surface area contributed by atoms with Gasteiger partial charge in [0.15, 0.2) is 0 Å². The summed E-state index contributed by atoms with van der Waals surface area (Å²) in [4.78, 5) is 26.3. The summed E-state index contributed by atoms with van der Waals surface area (Å²) in [6.45, 7) is 0. The maximum Gasteiger partial charge on any atom is 0.411 e. The Morgan fingerprint density at radius 2 is 1.71 bits per heavy atom. The molecule has 0 spiro atoms. The molecule has 108 valence electrons. The number of ether oxygens (including phenoxy) is 1. The van der Waals surface area contributed by atoms with Crippen LogP contribution in [0.15, 0.2) is 42.6 Å². The van der Waals surface area contributed by atoms with E-state index in [9.17, 15) is 14.0 Å². The minimum atomic E-state index is -0.722. The zero-order valence-electron chi connectivity index (χ0n) is 11.1. The maximum atomic E-state index is 12.9. The van der Waals surface area contributed by atoms with Crippen LogP contribution < -0.4 is 10.6 Å². The van der Waals surface area contributed by atoms with Crippen LogP contribution in [0.1, 0.15) is 10.4 Å². The van der Waals surface area contributed by atoms with Crippen molar-refractivity contribution in [3.05, 3.63) is 54.1 Å². The third-order valence-corrected chi connectivity index (χ3v) is 2.56. The zero-order valence-corrected chi connectivity index (χ0v) is 11.1. The van der Waals surface area contributed by atoms with Crippen molar-refractivity contribution in [2.45, 2.75) is 0 Å². The van der Waals surface area contributed by atoms with Crippen LogP contribution in [0.2, 0.25) is 0 Å². The second-order valence-corrected chi connectivity index (χ2v) is 4.02. The van der Waals surface area contributed by atoms with Gasteiger partial charge in [0.2, 0.25) is 5.95 Å². The molecule has 7 heteroatoms. The molecule has 0 bridgehead atoms. The number of carbonyl (C=O) groups is 2. The maximum absolute atomic E-state index is 12.9. The largest absolute Gasteiger partial charge is 0.453 e. The first-order chi connectivity index (χ1) is 10.1. The Labute approximate surface area is 120 Å². The Kier molecular flexibility index (Phi) is 4.45. The van der Waals surface area contributed by atoms with Crippen molar-refractivity contribution in [2.75, 3.05) is 17.7 Å². The van der Waals surface area contributed by atoms with Crippen LogP contribution in [0.25, 0.3) is 0 Å². The first-order valence-corrected chi connectivity index (χ1v) is 5.96. The second-order valence-electron chi connectivity index (χ2n) is 4.02. The molecule has 2 N–H and O–H groups in total. The summed E-state index contributed by atoms with van der Waals surface area (Å²) >= 11 is 0. The molecule has 0 fully saturated rings. The average Bonchev–Trinajstić information content (AvgIpc) is 2.49. The van der Waals surface area contributed by atoms with Crippen LogP contribution >= 0.6 is 0 Å². The quantitative estimate of drug-likeness (QED) is 0.851. The van der Waals surface area contributed by atoms with Gasteiger partial charge < -0.3 is 10.1 Å². The fraction of sp³-hybridized carbons (Fsp3) is 0.0714. The lowest BCUT2D eigenvalue weighted by Gasteiger charge is -2.07. The number of hydrogen-bond acceptors (Lipinski definition) is 4. The summed E-state index contributed by atoms with van der Waals surface area (Å²) in [5.41, 5.74) is 1.20. The molecule has 2 aromatic rings. The van der Waals surface area contributed by atoms with Crippen LogP contribution in [0.5, 0.6) is 0 Å². The molecular weight excluding hydrogens is 277 g/mol. The lowest BCUT2D eigenvalue weighted by atomic mass is 10.2. The van der Waals surface area contributed by atoms with Crippen molar-refractivity contribution in [3.8, 4) is 0 Å². The number of carbonyl (C=O) groups excluding carboxylic acids is 2. The van der Waals surface area contributed by atoms with Crippen LogP contribution in [0.3, 0.4) is 0 Å². The molecule has 2 amide bonds. The molecule has 1 heterocycles. The fourth-order valence-electron chi connectivity index (χ4n) is 1.55. The Balaban J connectivity index is 2.03. The minimum Gasteiger partial charge on any atom is -0.453 e. The highest BCUT2D eigenvalue weighted by molar-refractivity contribution is 6.04. The monoisotopic (exact) mass is 289 g/mol. The Bertz CT molecular complexity index is 659. The van der Waals surface area contributed by atoms with Crippen LogP contribution in [0.4, 0.5) is 20.6 Å². The highest BCUT2D eigenvalue weighted by atomic mass is 19.1. The van der Waals surface area contributed by atoms with E-state index in [0.29, 0.717) is 11.4 Å². The van der Waals surface area contributed by atoms with Gasteiger partial charge in [-0.3, -0.25) is 10.1 Å². The number of aromatic nitrogens is 1. The molecular formula is C14H12FN3O3. The standard InChI is InChI=1S/C14H12FN3O3/c1-21-14(20)18-11-4-2-10(3-5-11)17-13(19)9-6-7-16-12(15)8-9/h2-8H,1H3,(H,17,19)(H,18,20). The van der Waals surface area contributed by atoms with Gasteiger partial charge in [0.25, 0.3) is 5.91 Å². The van der Waals surface area contributed by atoms with E-state index in [0.717, 1.165) is 6.07 Å². The average molecular weight is 289 g/mol. The van der Waals surface area contributed by atoms with E-state index in [1.54, 1.807) is 24.3 Å². The summed E-state index contributed by atoms with van der Waals surface area (Å²) < 4.78 is 17.4. The van der Waals surface area contributed by atoms with Gasteiger partial charge in [-0.2, -0.15) is 4.39 Å². The minimum absolute atomic E-state index is 0.166. The smallest absolute Gasteiger partial charge is 0.411 e. The molecule has 0 saturated carbocycles. The van der Waals surface area contributed by atoms with E-state index < -0.39 is 17.9 Å². The van der Waals surface area contributed by atoms with Gasteiger partial charge in [-0.15, -0.1) is 0 Å². The van der Waals surface area contributed by atoms with Gasteiger partial charge in [0, 0.05) is 29.2 Å². The fourth-order valence-corrected chi connectivity index (χ4v) is 1.55. The van der Waals surface area contributed by atoms with Crippen molar-refractivity contribution in [3.63, 3.8) is 0 Å². The predicted molar refractivity (Wildman–Crippen MR) is 74.6 cm³/mol.